The van der Waals surface area contributed by atoms with E-state index in [1.807, 2.05) is 0 Å². The summed E-state index contributed by atoms with van der Waals surface area (Å²) in [4.78, 5) is 0. The van der Waals surface area contributed by atoms with E-state index in [1.165, 1.54) is 15.9 Å². The van der Waals surface area contributed by atoms with E-state index in [2.05, 4.69) is 110 Å². The average Bonchev–Trinajstić information content (AvgIpc) is 2.87. The van der Waals surface area contributed by atoms with Gasteiger partial charge in [-0.1, -0.05) is 106 Å². The van der Waals surface area contributed by atoms with E-state index in [0.29, 0.717) is 0 Å². The molecule has 0 N–H and O–H groups in total. The zero-order valence-corrected chi connectivity index (χ0v) is 21.4. The molecule has 170 valence electrons. The zero-order chi connectivity index (χ0) is 23.1. The predicted molar refractivity (Wildman–Crippen MR) is 146 cm³/mol. The molecule has 0 bridgehead atoms. The molecule has 1 aliphatic carbocycles. The molecular weight excluding hydrogens is 442 g/mol. The molecule has 4 rings (SSSR count). The Morgan fingerprint density at radius 3 is 1.97 bits per heavy atom. The van der Waals surface area contributed by atoms with Crippen molar-refractivity contribution in [2.75, 3.05) is 26.5 Å². The standard InChI is InChI=1S/C29H32O2P2/c1-29(20-12-5-13-21-29)33(28-19-11-9-17-26(28)31-3)23-22-32(24-14-6-4-7-15-24)27-18-10-8-16-25(27)30-2/h4-20H,21-23H2,1-3H3/t29?,32-,33+/m1/s1. The summed E-state index contributed by atoms with van der Waals surface area (Å²) < 4.78 is 11.6. The van der Waals surface area contributed by atoms with Crippen molar-refractivity contribution in [2.24, 2.45) is 0 Å². The highest BCUT2D eigenvalue weighted by molar-refractivity contribution is 7.75. The van der Waals surface area contributed by atoms with Crippen molar-refractivity contribution in [1.82, 2.24) is 0 Å². The van der Waals surface area contributed by atoms with Crippen molar-refractivity contribution in [1.29, 1.82) is 0 Å². The van der Waals surface area contributed by atoms with Crippen molar-refractivity contribution in [3.05, 3.63) is 103 Å². The second-order valence-corrected chi connectivity index (χ2v) is 13.4. The Hall–Kier alpha value is -2.40. The maximum Gasteiger partial charge on any atom is 0.126 e. The number of para-hydroxylation sites is 2. The second kappa shape index (κ2) is 11.1. The van der Waals surface area contributed by atoms with E-state index in [-0.39, 0.29) is 5.16 Å². The fourth-order valence-electron chi connectivity index (χ4n) is 4.47. The summed E-state index contributed by atoms with van der Waals surface area (Å²) in [6, 6.07) is 28.1. The molecule has 3 aromatic carbocycles. The molecule has 0 radical (unpaired) electrons. The summed E-state index contributed by atoms with van der Waals surface area (Å²) in [6.07, 6.45) is 12.4. The summed E-state index contributed by atoms with van der Waals surface area (Å²) in [7, 11) is 2.52. The Morgan fingerprint density at radius 1 is 0.727 bits per heavy atom. The topological polar surface area (TPSA) is 18.5 Å². The molecule has 4 heteroatoms. The minimum atomic E-state index is -0.549. The van der Waals surface area contributed by atoms with Gasteiger partial charge in [0.15, 0.2) is 0 Å². The lowest BCUT2D eigenvalue weighted by Crippen LogP contribution is -2.29. The second-order valence-electron chi connectivity index (χ2n) is 8.33. The van der Waals surface area contributed by atoms with Gasteiger partial charge in [0.1, 0.15) is 11.5 Å². The van der Waals surface area contributed by atoms with Crippen molar-refractivity contribution >= 4 is 31.8 Å². The van der Waals surface area contributed by atoms with Gasteiger partial charge in [-0.2, -0.15) is 0 Å². The molecular formula is C29H32O2P2. The molecule has 0 spiro atoms. The van der Waals surface area contributed by atoms with Gasteiger partial charge in [-0.15, -0.1) is 0 Å². The molecule has 0 fully saturated rings. The van der Waals surface area contributed by atoms with Gasteiger partial charge in [-0.3, -0.25) is 0 Å². The van der Waals surface area contributed by atoms with Crippen LogP contribution in [0.3, 0.4) is 0 Å². The Kier molecular flexibility index (Phi) is 8.02. The first-order valence-corrected chi connectivity index (χ1v) is 14.4. The van der Waals surface area contributed by atoms with Crippen LogP contribution >= 0.6 is 15.8 Å². The first kappa shape index (κ1) is 23.7. The number of rotatable bonds is 9. The highest BCUT2D eigenvalue weighted by Gasteiger charge is 2.35. The van der Waals surface area contributed by atoms with Crippen LogP contribution in [0.5, 0.6) is 11.5 Å². The van der Waals surface area contributed by atoms with Crippen LogP contribution < -0.4 is 25.4 Å². The first-order chi connectivity index (χ1) is 16.2. The van der Waals surface area contributed by atoms with Gasteiger partial charge in [0.2, 0.25) is 0 Å². The van der Waals surface area contributed by atoms with Crippen LogP contribution in [0.15, 0.2) is 103 Å². The van der Waals surface area contributed by atoms with Crippen LogP contribution in [-0.2, 0) is 0 Å². The lowest BCUT2D eigenvalue weighted by molar-refractivity contribution is 0.418. The Balaban J connectivity index is 1.73. The molecule has 1 aliphatic rings. The summed E-state index contributed by atoms with van der Waals surface area (Å²) in [6.45, 7) is 2.42. The van der Waals surface area contributed by atoms with Gasteiger partial charge in [0.05, 0.1) is 14.2 Å². The Bertz CT molecular complexity index is 1110. The normalized spacial score (nSPS) is 19.1. The quantitative estimate of drug-likeness (QED) is 0.343. The number of hydrogen-bond donors (Lipinski definition) is 0. The summed E-state index contributed by atoms with van der Waals surface area (Å²) in [5, 5.41) is 4.19. The zero-order valence-electron chi connectivity index (χ0n) is 19.6. The fraction of sp³-hybridized carbons (Fsp3) is 0.241. The maximum absolute atomic E-state index is 5.83. The smallest absolute Gasteiger partial charge is 0.126 e. The largest absolute Gasteiger partial charge is 0.496 e. The SMILES string of the molecule is COc1ccccc1[P@](CC[P@@](c1ccccc1OC)C1(C)C=CC=CC1)c1ccccc1. The van der Waals surface area contributed by atoms with E-state index in [4.69, 9.17) is 9.47 Å². The Morgan fingerprint density at radius 2 is 1.33 bits per heavy atom. The van der Waals surface area contributed by atoms with Gasteiger partial charge in [0.25, 0.3) is 0 Å². The van der Waals surface area contributed by atoms with E-state index in [1.54, 1.807) is 14.2 Å². The van der Waals surface area contributed by atoms with Crippen molar-refractivity contribution in [3.8, 4) is 11.5 Å². The molecule has 0 amide bonds. The molecule has 0 saturated heterocycles. The lowest BCUT2D eigenvalue weighted by Gasteiger charge is -2.38. The van der Waals surface area contributed by atoms with Crippen molar-refractivity contribution in [3.63, 3.8) is 0 Å². The average molecular weight is 475 g/mol. The van der Waals surface area contributed by atoms with Gasteiger partial charge < -0.3 is 9.47 Å². The van der Waals surface area contributed by atoms with Crippen LogP contribution in [0.2, 0.25) is 0 Å². The minimum absolute atomic E-state index is 0.108. The Labute approximate surface area is 200 Å². The number of allylic oxidation sites excluding steroid dienone is 4. The van der Waals surface area contributed by atoms with Gasteiger partial charge in [0, 0.05) is 15.8 Å². The van der Waals surface area contributed by atoms with Gasteiger partial charge in [-0.25, -0.2) is 0 Å². The molecule has 0 heterocycles. The molecule has 33 heavy (non-hydrogen) atoms. The summed E-state index contributed by atoms with van der Waals surface area (Å²) in [5.41, 5.74) is 0. The third-order valence-corrected chi connectivity index (χ3v) is 12.3. The third-order valence-electron chi connectivity index (χ3n) is 6.22. The maximum atomic E-state index is 5.83. The molecule has 3 atom stereocenters. The highest BCUT2D eigenvalue weighted by atomic mass is 31.1. The summed E-state index contributed by atoms with van der Waals surface area (Å²) >= 11 is 0. The number of hydrogen-bond acceptors (Lipinski definition) is 2. The van der Waals surface area contributed by atoms with Crippen LogP contribution in [0.25, 0.3) is 0 Å². The molecule has 1 unspecified atom stereocenters. The van der Waals surface area contributed by atoms with Crippen LogP contribution in [-0.4, -0.2) is 31.7 Å². The van der Waals surface area contributed by atoms with Gasteiger partial charge >= 0.3 is 0 Å². The molecule has 0 aromatic heterocycles. The van der Waals surface area contributed by atoms with Crippen LogP contribution in [0, 0.1) is 0 Å². The lowest BCUT2D eigenvalue weighted by atomic mass is 10.0. The van der Waals surface area contributed by atoms with Gasteiger partial charge in [-0.05, 0) is 44.1 Å². The molecule has 3 aromatic rings. The summed E-state index contributed by atoms with van der Waals surface area (Å²) in [5.74, 6) is 2.00. The molecule has 2 nitrogen and oxygen atoms in total. The van der Waals surface area contributed by atoms with E-state index in [0.717, 1.165) is 30.2 Å². The fourth-order valence-corrected chi connectivity index (χ4v) is 10.7. The number of methoxy groups -OCH3 is 2. The van der Waals surface area contributed by atoms with Crippen LogP contribution in [0.1, 0.15) is 13.3 Å². The predicted octanol–water partition coefficient (Wildman–Crippen LogP) is 6.22. The molecule has 0 aliphatic heterocycles. The molecule has 0 saturated carbocycles. The van der Waals surface area contributed by atoms with Crippen LogP contribution in [0.4, 0.5) is 0 Å². The highest BCUT2D eigenvalue weighted by Crippen LogP contribution is 2.56. The number of ether oxygens (including phenoxy) is 2. The van der Waals surface area contributed by atoms with E-state index in [9.17, 15) is 0 Å². The monoisotopic (exact) mass is 474 g/mol. The third kappa shape index (κ3) is 5.40. The number of benzene rings is 3. The van der Waals surface area contributed by atoms with E-state index < -0.39 is 15.8 Å². The first-order valence-electron chi connectivity index (χ1n) is 11.4. The van der Waals surface area contributed by atoms with E-state index >= 15 is 0 Å². The van der Waals surface area contributed by atoms with Crippen molar-refractivity contribution < 1.29 is 9.47 Å². The van der Waals surface area contributed by atoms with Crippen molar-refractivity contribution in [2.45, 2.75) is 18.5 Å². The minimum Gasteiger partial charge on any atom is -0.496 e.